The molecule has 100 valence electrons. The van der Waals surface area contributed by atoms with Gasteiger partial charge in [0.2, 0.25) is 0 Å². The standard InChI is InChI=1S/C14H22N2O2/c15-13-6-1-2-7-14(13)18-10-9-16-8-4-3-5-12(16)11-17/h1-2,6-7,12,17H,3-5,8-11,15H2. The van der Waals surface area contributed by atoms with E-state index in [1.54, 1.807) is 0 Å². The molecule has 18 heavy (non-hydrogen) atoms. The topological polar surface area (TPSA) is 58.7 Å². The minimum Gasteiger partial charge on any atom is -0.490 e. The average molecular weight is 250 g/mol. The van der Waals surface area contributed by atoms with Crippen molar-refractivity contribution in [1.82, 2.24) is 4.90 Å². The van der Waals surface area contributed by atoms with E-state index in [-0.39, 0.29) is 6.61 Å². The molecule has 4 heteroatoms. The molecule has 0 radical (unpaired) electrons. The van der Waals surface area contributed by atoms with Gasteiger partial charge in [0, 0.05) is 12.6 Å². The van der Waals surface area contributed by atoms with E-state index in [2.05, 4.69) is 4.90 Å². The van der Waals surface area contributed by atoms with Crippen molar-refractivity contribution in [3.05, 3.63) is 24.3 Å². The average Bonchev–Trinajstić information content (AvgIpc) is 2.41. The lowest BCUT2D eigenvalue weighted by atomic mass is 10.0. The molecule has 1 unspecified atom stereocenters. The molecular formula is C14H22N2O2. The van der Waals surface area contributed by atoms with Crippen LogP contribution >= 0.6 is 0 Å². The first-order valence-corrected chi connectivity index (χ1v) is 6.63. The summed E-state index contributed by atoms with van der Waals surface area (Å²) < 4.78 is 5.68. The summed E-state index contributed by atoms with van der Waals surface area (Å²) in [5.74, 6) is 0.745. The van der Waals surface area contributed by atoms with Crippen molar-refractivity contribution in [3.8, 4) is 5.75 Å². The fourth-order valence-electron chi connectivity index (χ4n) is 2.45. The highest BCUT2D eigenvalue weighted by Gasteiger charge is 2.21. The van der Waals surface area contributed by atoms with E-state index in [1.807, 2.05) is 24.3 Å². The van der Waals surface area contributed by atoms with Gasteiger partial charge in [-0.3, -0.25) is 4.90 Å². The number of hydrogen-bond donors (Lipinski definition) is 2. The number of hydrogen-bond acceptors (Lipinski definition) is 4. The van der Waals surface area contributed by atoms with E-state index in [4.69, 9.17) is 10.5 Å². The van der Waals surface area contributed by atoms with Crippen molar-refractivity contribution in [1.29, 1.82) is 0 Å². The van der Waals surface area contributed by atoms with Gasteiger partial charge in [0.25, 0.3) is 0 Å². The van der Waals surface area contributed by atoms with Gasteiger partial charge in [0.1, 0.15) is 12.4 Å². The zero-order chi connectivity index (χ0) is 12.8. The molecule has 0 saturated carbocycles. The van der Waals surface area contributed by atoms with E-state index in [0.29, 0.717) is 18.3 Å². The van der Waals surface area contributed by atoms with Gasteiger partial charge in [0.15, 0.2) is 0 Å². The lowest BCUT2D eigenvalue weighted by Gasteiger charge is -2.34. The van der Waals surface area contributed by atoms with Crippen LogP contribution in [0.25, 0.3) is 0 Å². The molecule has 1 saturated heterocycles. The molecule has 0 aliphatic carbocycles. The highest BCUT2D eigenvalue weighted by atomic mass is 16.5. The molecule has 0 amide bonds. The van der Waals surface area contributed by atoms with Crippen LogP contribution in [-0.4, -0.2) is 42.4 Å². The minimum atomic E-state index is 0.244. The zero-order valence-electron chi connectivity index (χ0n) is 10.7. The van der Waals surface area contributed by atoms with Gasteiger partial charge in [-0.05, 0) is 31.5 Å². The van der Waals surface area contributed by atoms with Crippen molar-refractivity contribution >= 4 is 5.69 Å². The quantitative estimate of drug-likeness (QED) is 0.777. The van der Waals surface area contributed by atoms with Gasteiger partial charge in [-0.2, -0.15) is 0 Å². The molecule has 1 aromatic rings. The maximum Gasteiger partial charge on any atom is 0.142 e. The summed E-state index contributed by atoms with van der Waals surface area (Å²) >= 11 is 0. The van der Waals surface area contributed by atoms with E-state index >= 15 is 0 Å². The van der Waals surface area contributed by atoms with Crippen LogP contribution in [-0.2, 0) is 0 Å². The van der Waals surface area contributed by atoms with Crippen molar-refractivity contribution < 1.29 is 9.84 Å². The van der Waals surface area contributed by atoms with E-state index in [1.165, 1.54) is 12.8 Å². The van der Waals surface area contributed by atoms with E-state index in [0.717, 1.165) is 25.3 Å². The maximum absolute atomic E-state index is 9.32. The van der Waals surface area contributed by atoms with Gasteiger partial charge in [-0.1, -0.05) is 18.6 Å². The third-order valence-corrected chi connectivity index (χ3v) is 3.51. The lowest BCUT2D eigenvalue weighted by molar-refractivity contribution is 0.0774. The van der Waals surface area contributed by atoms with Crippen LogP contribution in [0.3, 0.4) is 0 Å². The molecule has 1 fully saturated rings. The van der Waals surface area contributed by atoms with Gasteiger partial charge in [-0.15, -0.1) is 0 Å². The molecule has 4 nitrogen and oxygen atoms in total. The second kappa shape index (κ2) is 6.61. The fourth-order valence-corrected chi connectivity index (χ4v) is 2.45. The summed E-state index contributed by atoms with van der Waals surface area (Å²) in [7, 11) is 0. The number of aliphatic hydroxyl groups excluding tert-OH is 1. The van der Waals surface area contributed by atoms with Crippen LogP contribution in [0.1, 0.15) is 19.3 Å². The van der Waals surface area contributed by atoms with E-state index in [9.17, 15) is 5.11 Å². The predicted molar refractivity (Wildman–Crippen MR) is 72.6 cm³/mol. The number of anilines is 1. The first-order valence-electron chi connectivity index (χ1n) is 6.63. The van der Waals surface area contributed by atoms with Crippen LogP contribution in [0.4, 0.5) is 5.69 Å². The number of nitrogens with two attached hydrogens (primary N) is 1. The number of nitrogen functional groups attached to an aromatic ring is 1. The second-order valence-corrected chi connectivity index (χ2v) is 4.75. The van der Waals surface area contributed by atoms with Crippen LogP contribution in [0.15, 0.2) is 24.3 Å². The molecular weight excluding hydrogens is 228 g/mol. The van der Waals surface area contributed by atoms with Crippen molar-refractivity contribution in [3.63, 3.8) is 0 Å². The van der Waals surface area contributed by atoms with Gasteiger partial charge in [0.05, 0.1) is 12.3 Å². The Balaban J connectivity index is 1.79. The lowest BCUT2D eigenvalue weighted by Crippen LogP contribution is -2.43. The molecule has 0 spiro atoms. The number of likely N-dealkylation sites (tertiary alicyclic amines) is 1. The SMILES string of the molecule is Nc1ccccc1OCCN1CCCCC1CO. The molecule has 2 rings (SSSR count). The predicted octanol–water partition coefficient (Wildman–Crippen LogP) is 1.49. The summed E-state index contributed by atoms with van der Waals surface area (Å²) in [5.41, 5.74) is 6.49. The maximum atomic E-state index is 9.32. The number of para-hydroxylation sites is 2. The highest BCUT2D eigenvalue weighted by Crippen LogP contribution is 2.20. The normalized spacial score (nSPS) is 20.8. The summed E-state index contributed by atoms with van der Waals surface area (Å²) in [6, 6.07) is 7.84. The van der Waals surface area contributed by atoms with Crippen LogP contribution in [0, 0.1) is 0 Å². The molecule has 1 heterocycles. The number of aliphatic hydroxyl groups is 1. The Morgan fingerprint density at radius 2 is 2.17 bits per heavy atom. The number of piperidine rings is 1. The van der Waals surface area contributed by atoms with Gasteiger partial charge >= 0.3 is 0 Å². The molecule has 3 N–H and O–H groups in total. The number of benzene rings is 1. The molecule has 1 aliphatic rings. The Hall–Kier alpha value is -1.26. The molecule has 0 bridgehead atoms. The largest absolute Gasteiger partial charge is 0.490 e. The Bertz CT molecular complexity index is 371. The number of rotatable bonds is 5. The third kappa shape index (κ3) is 3.37. The Labute approximate surface area is 108 Å². The minimum absolute atomic E-state index is 0.244. The first-order chi connectivity index (χ1) is 8.81. The Morgan fingerprint density at radius 1 is 1.33 bits per heavy atom. The summed E-state index contributed by atoms with van der Waals surface area (Å²) in [6.07, 6.45) is 3.52. The van der Waals surface area contributed by atoms with Crippen LogP contribution in [0.2, 0.25) is 0 Å². The number of ether oxygens (including phenoxy) is 1. The molecule has 0 aromatic heterocycles. The van der Waals surface area contributed by atoms with Crippen LogP contribution < -0.4 is 10.5 Å². The van der Waals surface area contributed by atoms with E-state index < -0.39 is 0 Å². The fraction of sp³-hybridized carbons (Fsp3) is 0.571. The summed E-state index contributed by atoms with van der Waals surface area (Å²) in [5, 5.41) is 9.32. The highest BCUT2D eigenvalue weighted by molar-refractivity contribution is 5.51. The van der Waals surface area contributed by atoms with Crippen molar-refractivity contribution in [2.75, 3.05) is 32.0 Å². The zero-order valence-corrected chi connectivity index (χ0v) is 10.7. The molecule has 1 aromatic carbocycles. The van der Waals surface area contributed by atoms with Crippen molar-refractivity contribution in [2.45, 2.75) is 25.3 Å². The number of nitrogens with zero attached hydrogens (tertiary/aromatic N) is 1. The second-order valence-electron chi connectivity index (χ2n) is 4.75. The molecule has 1 atom stereocenters. The van der Waals surface area contributed by atoms with Crippen molar-refractivity contribution in [2.24, 2.45) is 0 Å². The smallest absolute Gasteiger partial charge is 0.142 e. The molecule has 1 aliphatic heterocycles. The van der Waals surface area contributed by atoms with Gasteiger partial charge < -0.3 is 15.6 Å². The summed E-state index contributed by atoms with van der Waals surface area (Å²) in [6.45, 7) is 2.76. The first kappa shape index (κ1) is 13.2. The Kier molecular flexibility index (Phi) is 4.84. The Morgan fingerprint density at radius 3 is 2.94 bits per heavy atom. The van der Waals surface area contributed by atoms with Gasteiger partial charge in [-0.25, -0.2) is 0 Å². The third-order valence-electron chi connectivity index (χ3n) is 3.51. The monoisotopic (exact) mass is 250 g/mol. The van der Waals surface area contributed by atoms with Crippen LogP contribution in [0.5, 0.6) is 5.75 Å². The summed E-state index contributed by atoms with van der Waals surface area (Å²) in [4.78, 5) is 2.31.